The van der Waals surface area contributed by atoms with E-state index in [1.54, 1.807) is 0 Å². The summed E-state index contributed by atoms with van der Waals surface area (Å²) in [6.45, 7) is 6.11. The predicted molar refractivity (Wildman–Crippen MR) is 54.4 cm³/mol. The van der Waals surface area contributed by atoms with Crippen LogP contribution >= 0.6 is 0 Å². The molecule has 0 N–H and O–H groups in total. The molecule has 12 heavy (non-hydrogen) atoms. The van der Waals surface area contributed by atoms with Gasteiger partial charge in [-0.2, -0.15) is 0 Å². The number of aryl methyl sites for hydroxylation is 1. The maximum absolute atomic E-state index is 4.22. The molecule has 0 aromatic heterocycles. The first kappa shape index (κ1) is 8.98. The highest BCUT2D eigenvalue weighted by atomic mass is 14.7. The van der Waals surface area contributed by atoms with Gasteiger partial charge < -0.3 is 0 Å². The number of aliphatic imine (C=N–C) groups is 1. The Morgan fingerprint density at radius 2 is 2.00 bits per heavy atom. The highest BCUT2D eigenvalue weighted by Crippen LogP contribution is 2.24. The molecule has 0 atom stereocenters. The molecule has 0 saturated heterocycles. The van der Waals surface area contributed by atoms with E-state index in [4.69, 9.17) is 0 Å². The van der Waals surface area contributed by atoms with E-state index in [0.29, 0.717) is 0 Å². The van der Waals surface area contributed by atoms with Crippen LogP contribution in [0.3, 0.4) is 0 Å². The molecule has 2 rings (SSSR count). The first-order valence-electron chi connectivity index (χ1n) is 4.48. The van der Waals surface area contributed by atoms with Crippen molar-refractivity contribution in [3.05, 3.63) is 29.3 Å². The molecule has 1 aromatic rings. The van der Waals surface area contributed by atoms with Crippen molar-refractivity contribution in [3.63, 3.8) is 0 Å². The molecule has 1 nitrogen and oxygen atoms in total. The second kappa shape index (κ2) is 4.05. The highest BCUT2D eigenvalue weighted by molar-refractivity contribution is 5.75. The third-order valence-corrected chi connectivity index (χ3v) is 1.78. The van der Waals surface area contributed by atoms with Crippen LogP contribution in [-0.2, 0) is 6.42 Å². The standard InChI is InChI=1S/C9H9N.C2H6/c1-7-2-3-9-8(6-7)4-5-10-9;1-2/h2-3,5-6H,4H2,1H3;1-2H3. The minimum atomic E-state index is 1.01. The number of fused-ring (bicyclic) bond motifs is 1. The van der Waals surface area contributed by atoms with Gasteiger partial charge in [0.15, 0.2) is 0 Å². The van der Waals surface area contributed by atoms with Crippen LogP contribution in [0.15, 0.2) is 23.2 Å². The van der Waals surface area contributed by atoms with Crippen LogP contribution in [0, 0.1) is 6.92 Å². The molecule has 1 aliphatic rings. The molecular formula is C11H15N. The molecule has 0 amide bonds. The third kappa shape index (κ3) is 1.73. The Hall–Kier alpha value is -1.11. The zero-order valence-corrected chi connectivity index (χ0v) is 7.96. The molecular weight excluding hydrogens is 146 g/mol. The van der Waals surface area contributed by atoms with Gasteiger partial charge in [0.25, 0.3) is 0 Å². The fourth-order valence-electron chi connectivity index (χ4n) is 1.25. The molecule has 1 heteroatoms. The third-order valence-electron chi connectivity index (χ3n) is 1.78. The molecule has 1 aliphatic heterocycles. The summed E-state index contributed by atoms with van der Waals surface area (Å²) in [7, 11) is 0. The normalized spacial score (nSPS) is 11.9. The van der Waals surface area contributed by atoms with Crippen molar-refractivity contribution in [2.45, 2.75) is 27.2 Å². The van der Waals surface area contributed by atoms with E-state index in [1.807, 2.05) is 20.1 Å². The number of nitrogens with zero attached hydrogens (tertiary/aromatic N) is 1. The molecule has 0 aliphatic carbocycles. The van der Waals surface area contributed by atoms with Crippen LogP contribution in [0.25, 0.3) is 0 Å². The summed E-state index contributed by atoms with van der Waals surface area (Å²) in [4.78, 5) is 4.22. The Morgan fingerprint density at radius 1 is 1.25 bits per heavy atom. The summed E-state index contributed by atoms with van der Waals surface area (Å²) in [5.74, 6) is 0. The molecule has 1 aromatic carbocycles. The molecule has 0 unspecified atom stereocenters. The molecule has 64 valence electrons. The van der Waals surface area contributed by atoms with Crippen LogP contribution in [0.2, 0.25) is 0 Å². The second-order valence-corrected chi connectivity index (χ2v) is 2.65. The van der Waals surface area contributed by atoms with Crippen molar-refractivity contribution in [3.8, 4) is 0 Å². The first-order chi connectivity index (χ1) is 5.86. The van der Waals surface area contributed by atoms with Gasteiger partial charge in [-0.05, 0) is 18.6 Å². The van der Waals surface area contributed by atoms with E-state index >= 15 is 0 Å². The van der Waals surface area contributed by atoms with Gasteiger partial charge in [0.1, 0.15) is 0 Å². The largest absolute Gasteiger partial charge is 0.261 e. The molecule has 0 saturated carbocycles. The maximum atomic E-state index is 4.22. The van der Waals surface area contributed by atoms with E-state index in [0.717, 1.165) is 12.1 Å². The average molecular weight is 161 g/mol. The van der Waals surface area contributed by atoms with Crippen LogP contribution in [-0.4, -0.2) is 6.21 Å². The zero-order valence-electron chi connectivity index (χ0n) is 7.96. The summed E-state index contributed by atoms with van der Waals surface area (Å²) in [5, 5.41) is 0. The van der Waals surface area contributed by atoms with E-state index in [2.05, 4.69) is 30.1 Å². The zero-order chi connectivity index (χ0) is 8.97. The van der Waals surface area contributed by atoms with Crippen molar-refractivity contribution < 1.29 is 0 Å². The Morgan fingerprint density at radius 3 is 2.75 bits per heavy atom. The summed E-state index contributed by atoms with van der Waals surface area (Å²) >= 11 is 0. The molecule has 0 bridgehead atoms. The van der Waals surface area contributed by atoms with E-state index in [1.165, 1.54) is 11.1 Å². The lowest BCUT2D eigenvalue weighted by Gasteiger charge is -1.96. The van der Waals surface area contributed by atoms with Gasteiger partial charge in [-0.1, -0.05) is 31.5 Å². The SMILES string of the molecule is CC.Cc1ccc2c(c1)CC=N2. The first-order valence-corrected chi connectivity index (χ1v) is 4.48. The van der Waals surface area contributed by atoms with Gasteiger partial charge in [0.2, 0.25) is 0 Å². The van der Waals surface area contributed by atoms with Gasteiger partial charge in [-0.15, -0.1) is 0 Å². The Labute approximate surface area is 74.2 Å². The lowest BCUT2D eigenvalue weighted by molar-refractivity contribution is 1.35. The number of hydrogen-bond acceptors (Lipinski definition) is 1. The highest BCUT2D eigenvalue weighted by Gasteiger charge is 2.04. The van der Waals surface area contributed by atoms with Crippen molar-refractivity contribution in [1.29, 1.82) is 0 Å². The van der Waals surface area contributed by atoms with E-state index in [-0.39, 0.29) is 0 Å². The van der Waals surface area contributed by atoms with Gasteiger partial charge in [-0.25, -0.2) is 0 Å². The number of benzene rings is 1. The van der Waals surface area contributed by atoms with Crippen LogP contribution < -0.4 is 0 Å². The maximum Gasteiger partial charge on any atom is 0.0661 e. The molecule has 0 fully saturated rings. The molecule has 0 spiro atoms. The second-order valence-electron chi connectivity index (χ2n) is 2.65. The fraction of sp³-hybridized carbons (Fsp3) is 0.364. The lowest BCUT2D eigenvalue weighted by atomic mass is 10.1. The van der Waals surface area contributed by atoms with Crippen molar-refractivity contribution >= 4 is 11.9 Å². The predicted octanol–water partition coefficient (Wildman–Crippen LogP) is 3.28. The number of hydrogen-bond donors (Lipinski definition) is 0. The minimum absolute atomic E-state index is 1.01. The fourth-order valence-corrected chi connectivity index (χ4v) is 1.25. The summed E-state index contributed by atoms with van der Waals surface area (Å²) in [6.07, 6.45) is 2.97. The Kier molecular flexibility index (Phi) is 3.03. The van der Waals surface area contributed by atoms with Crippen molar-refractivity contribution in [2.75, 3.05) is 0 Å². The van der Waals surface area contributed by atoms with Gasteiger partial charge in [0.05, 0.1) is 5.69 Å². The van der Waals surface area contributed by atoms with E-state index in [9.17, 15) is 0 Å². The van der Waals surface area contributed by atoms with Gasteiger partial charge in [-0.3, -0.25) is 4.99 Å². The summed E-state index contributed by atoms with van der Waals surface area (Å²) < 4.78 is 0. The Balaban J connectivity index is 0.000000336. The van der Waals surface area contributed by atoms with Crippen molar-refractivity contribution in [1.82, 2.24) is 0 Å². The van der Waals surface area contributed by atoms with Gasteiger partial charge in [0, 0.05) is 12.6 Å². The monoisotopic (exact) mass is 161 g/mol. The minimum Gasteiger partial charge on any atom is -0.261 e. The van der Waals surface area contributed by atoms with Crippen LogP contribution in [0.1, 0.15) is 25.0 Å². The average Bonchev–Trinajstić information content (AvgIpc) is 2.54. The quantitative estimate of drug-likeness (QED) is 0.553. The van der Waals surface area contributed by atoms with Crippen LogP contribution in [0.4, 0.5) is 5.69 Å². The lowest BCUT2D eigenvalue weighted by Crippen LogP contribution is -1.79. The van der Waals surface area contributed by atoms with Crippen molar-refractivity contribution in [2.24, 2.45) is 4.99 Å². The van der Waals surface area contributed by atoms with E-state index < -0.39 is 0 Å². The smallest absolute Gasteiger partial charge is 0.0661 e. The topological polar surface area (TPSA) is 12.4 Å². The summed E-state index contributed by atoms with van der Waals surface area (Å²) in [5.41, 5.74) is 3.83. The van der Waals surface area contributed by atoms with Gasteiger partial charge >= 0.3 is 0 Å². The Bertz CT molecular complexity index is 287. The molecule has 1 heterocycles. The number of rotatable bonds is 0. The van der Waals surface area contributed by atoms with Crippen LogP contribution in [0.5, 0.6) is 0 Å². The summed E-state index contributed by atoms with van der Waals surface area (Å²) in [6, 6.07) is 6.37. The molecule has 0 radical (unpaired) electrons.